The van der Waals surface area contributed by atoms with Crippen molar-refractivity contribution in [3.8, 4) is 5.75 Å². The number of amides is 1. The van der Waals surface area contributed by atoms with Gasteiger partial charge in [0.25, 0.3) is 5.91 Å². The molecule has 8 nitrogen and oxygen atoms in total. The Bertz CT molecular complexity index is 1530. The van der Waals surface area contributed by atoms with E-state index in [9.17, 15) is 18.3 Å². The molecule has 2 aliphatic carbocycles. The third-order valence-electron chi connectivity index (χ3n) is 10.3. The van der Waals surface area contributed by atoms with Gasteiger partial charge in [-0.25, -0.2) is 13.1 Å². The van der Waals surface area contributed by atoms with E-state index in [0.717, 1.165) is 42.8 Å². The minimum Gasteiger partial charge on any atom is -0.490 e. The van der Waals surface area contributed by atoms with E-state index in [2.05, 4.69) is 21.8 Å². The first-order chi connectivity index (χ1) is 21.1. The van der Waals surface area contributed by atoms with Gasteiger partial charge in [-0.3, -0.25) is 4.79 Å². The molecule has 2 aromatic rings. The summed E-state index contributed by atoms with van der Waals surface area (Å²) < 4.78 is 41.1. The molecular formula is C34H43ClN2O6S. The average Bonchev–Trinajstić information content (AvgIpc) is 3.12. The molecule has 0 aromatic heterocycles. The number of carbonyl (C=O) groups excluding carboxylic acids is 1. The Balaban J connectivity index is 1.41. The van der Waals surface area contributed by atoms with Gasteiger partial charge < -0.3 is 19.5 Å². The Morgan fingerprint density at radius 2 is 2.02 bits per heavy atom. The van der Waals surface area contributed by atoms with E-state index >= 15 is 0 Å². The maximum Gasteiger partial charge on any atom is 0.264 e. The second-order valence-electron chi connectivity index (χ2n) is 13.3. The number of nitrogens with one attached hydrogen (secondary N) is 1. The van der Waals surface area contributed by atoms with Crippen LogP contribution in [0.15, 0.2) is 48.6 Å². The van der Waals surface area contributed by atoms with Crippen LogP contribution in [-0.2, 0) is 26.6 Å². The number of allylic oxidation sites excluding steroid dienone is 1. The van der Waals surface area contributed by atoms with Gasteiger partial charge in [0.2, 0.25) is 10.0 Å². The maximum atomic E-state index is 13.5. The Hall–Kier alpha value is -2.59. The van der Waals surface area contributed by atoms with Crippen LogP contribution in [0.1, 0.15) is 66.9 Å². The number of aliphatic hydroxyl groups is 1. The Labute approximate surface area is 265 Å². The smallest absolute Gasteiger partial charge is 0.264 e. The maximum absolute atomic E-state index is 13.5. The number of carbonyl (C=O) groups is 1. The number of rotatable bonds is 3. The monoisotopic (exact) mass is 642 g/mol. The summed E-state index contributed by atoms with van der Waals surface area (Å²) in [7, 11) is -2.48. The molecule has 1 fully saturated rings. The standard InChI is InChI=1S/C34H43ClN2O6S/c1-22-5-11-31(38)28-9-6-25(28)19-37-20-34(14-3-4-23-17-26(35)8-10-29(23)34)21-43-32-12-7-24(18-30(32)37)33(39)36-44(40,41)27(16-22)13-15-42-2/h5,7-8,10-12,17-18,22,25,27-28,31,38H,3-4,6,9,13-16,19-21H2,1-2H3,(H,36,39)/b11-5+/t22-,25-,27-,28+,31-,34-/m0/s1. The van der Waals surface area contributed by atoms with Gasteiger partial charge in [0.1, 0.15) is 5.75 Å². The molecule has 6 atom stereocenters. The summed E-state index contributed by atoms with van der Waals surface area (Å²) in [5, 5.41) is 11.2. The van der Waals surface area contributed by atoms with Gasteiger partial charge in [0.05, 0.1) is 23.6 Å². The SMILES string of the molecule is COCC[C@H]1C[C@@H](C)/C=C/[C@H](O)[C@@H]2CC[C@H]2CN2C[C@@]3(CCCc4cc(Cl)ccc43)COc3ccc(cc32)C(=O)NS1(=O)=O. The summed E-state index contributed by atoms with van der Waals surface area (Å²) in [5.74, 6) is 0.275. The molecule has 2 heterocycles. The van der Waals surface area contributed by atoms with Gasteiger partial charge >= 0.3 is 0 Å². The van der Waals surface area contributed by atoms with Crippen molar-refractivity contribution < 1.29 is 27.8 Å². The summed E-state index contributed by atoms with van der Waals surface area (Å²) in [6, 6.07) is 11.4. The van der Waals surface area contributed by atoms with Crippen LogP contribution in [0.2, 0.25) is 5.02 Å². The van der Waals surface area contributed by atoms with Crippen LogP contribution in [0.4, 0.5) is 5.69 Å². The summed E-state index contributed by atoms with van der Waals surface area (Å²) in [6.45, 7) is 4.07. The molecule has 0 saturated heterocycles. The van der Waals surface area contributed by atoms with E-state index in [1.807, 2.05) is 25.1 Å². The van der Waals surface area contributed by atoms with Crippen molar-refractivity contribution in [2.45, 2.75) is 68.6 Å². The van der Waals surface area contributed by atoms with Crippen LogP contribution in [-0.4, -0.2) is 64.2 Å². The zero-order valence-electron chi connectivity index (χ0n) is 25.5. The minimum absolute atomic E-state index is 0.104. The first kappa shape index (κ1) is 31.4. The van der Waals surface area contributed by atoms with Crippen LogP contribution in [0.3, 0.4) is 0 Å². The molecule has 1 spiro atoms. The second kappa shape index (κ2) is 12.7. The predicted octanol–water partition coefficient (Wildman–Crippen LogP) is 5.26. The number of aryl methyl sites for hydroxylation is 1. The van der Waals surface area contributed by atoms with E-state index < -0.39 is 27.3 Å². The molecule has 0 unspecified atom stereocenters. The molecule has 2 N–H and O–H groups in total. The van der Waals surface area contributed by atoms with Gasteiger partial charge in [-0.2, -0.15) is 0 Å². The molecule has 10 heteroatoms. The normalized spacial score (nSPS) is 32.3. The van der Waals surface area contributed by atoms with Gasteiger partial charge in [-0.05, 0) is 104 Å². The number of benzene rings is 2. The molecule has 44 heavy (non-hydrogen) atoms. The van der Waals surface area contributed by atoms with Crippen LogP contribution >= 0.6 is 11.6 Å². The van der Waals surface area contributed by atoms with E-state index in [1.165, 1.54) is 18.2 Å². The fourth-order valence-corrected chi connectivity index (χ4v) is 9.37. The highest BCUT2D eigenvalue weighted by Crippen LogP contribution is 2.46. The Morgan fingerprint density at radius 3 is 2.80 bits per heavy atom. The highest BCUT2D eigenvalue weighted by atomic mass is 35.5. The van der Waals surface area contributed by atoms with Gasteiger partial charge in [-0.15, -0.1) is 0 Å². The number of nitrogens with zero attached hydrogens (tertiary/aromatic N) is 1. The lowest BCUT2D eigenvalue weighted by molar-refractivity contribution is 0.0454. The van der Waals surface area contributed by atoms with Crippen molar-refractivity contribution in [2.24, 2.45) is 17.8 Å². The molecule has 2 aromatic carbocycles. The molecule has 6 rings (SSSR count). The molecule has 2 aliphatic heterocycles. The largest absolute Gasteiger partial charge is 0.490 e. The third kappa shape index (κ3) is 6.26. The zero-order chi connectivity index (χ0) is 31.1. The lowest BCUT2D eigenvalue weighted by atomic mass is 9.68. The van der Waals surface area contributed by atoms with Crippen LogP contribution in [0, 0.1) is 17.8 Å². The van der Waals surface area contributed by atoms with Crippen molar-refractivity contribution in [3.63, 3.8) is 0 Å². The van der Waals surface area contributed by atoms with Gasteiger partial charge in [0.15, 0.2) is 0 Å². The van der Waals surface area contributed by atoms with Gasteiger partial charge in [0, 0.05) is 42.8 Å². The highest BCUT2D eigenvalue weighted by molar-refractivity contribution is 7.90. The first-order valence-corrected chi connectivity index (χ1v) is 17.7. The highest BCUT2D eigenvalue weighted by Gasteiger charge is 2.44. The summed E-state index contributed by atoms with van der Waals surface area (Å²) in [5.41, 5.74) is 3.27. The van der Waals surface area contributed by atoms with E-state index in [-0.39, 0.29) is 41.8 Å². The quantitative estimate of drug-likeness (QED) is 0.440. The number of hydrogen-bond donors (Lipinski definition) is 2. The lowest BCUT2D eigenvalue weighted by Gasteiger charge is -2.45. The van der Waals surface area contributed by atoms with Crippen LogP contribution < -0.4 is 14.4 Å². The molecule has 1 amide bonds. The summed E-state index contributed by atoms with van der Waals surface area (Å²) in [6.07, 6.45) is 8.59. The number of fused-ring (bicyclic) bond motifs is 4. The molecule has 2 bridgehead atoms. The summed E-state index contributed by atoms with van der Waals surface area (Å²) >= 11 is 6.40. The third-order valence-corrected chi connectivity index (χ3v) is 12.3. The Kier molecular flexibility index (Phi) is 9.03. The lowest BCUT2D eigenvalue weighted by Crippen LogP contribution is -2.49. The van der Waals surface area contributed by atoms with Crippen molar-refractivity contribution in [1.82, 2.24) is 4.72 Å². The number of methoxy groups -OCH3 is 1. The number of halogens is 1. The average molecular weight is 643 g/mol. The molecule has 4 aliphatic rings. The van der Waals surface area contributed by atoms with Gasteiger partial charge in [-0.1, -0.05) is 36.7 Å². The number of hydrogen-bond acceptors (Lipinski definition) is 7. The first-order valence-electron chi connectivity index (χ1n) is 15.8. The van der Waals surface area contributed by atoms with Crippen LogP contribution in [0.5, 0.6) is 5.75 Å². The molecular weight excluding hydrogens is 600 g/mol. The van der Waals surface area contributed by atoms with Crippen molar-refractivity contribution in [1.29, 1.82) is 0 Å². The summed E-state index contributed by atoms with van der Waals surface area (Å²) in [4.78, 5) is 15.8. The second-order valence-corrected chi connectivity index (χ2v) is 15.7. The minimum atomic E-state index is -4.01. The molecule has 1 saturated carbocycles. The fourth-order valence-electron chi connectivity index (χ4n) is 7.67. The topological polar surface area (TPSA) is 105 Å². The van der Waals surface area contributed by atoms with Crippen molar-refractivity contribution in [3.05, 3.63) is 70.3 Å². The van der Waals surface area contributed by atoms with E-state index in [0.29, 0.717) is 31.9 Å². The molecule has 238 valence electrons. The van der Waals surface area contributed by atoms with Crippen molar-refractivity contribution in [2.75, 3.05) is 38.3 Å². The number of ether oxygens (including phenoxy) is 2. The molecule has 0 radical (unpaired) electrons. The predicted molar refractivity (Wildman–Crippen MR) is 172 cm³/mol. The number of aliphatic hydroxyl groups excluding tert-OH is 1. The number of anilines is 1. The van der Waals surface area contributed by atoms with E-state index in [4.69, 9.17) is 21.1 Å². The fraction of sp³-hybridized carbons (Fsp3) is 0.559. The van der Waals surface area contributed by atoms with Crippen molar-refractivity contribution >= 4 is 33.2 Å². The zero-order valence-corrected chi connectivity index (χ0v) is 27.1. The van der Waals surface area contributed by atoms with Crippen LogP contribution in [0.25, 0.3) is 0 Å². The number of sulfonamides is 1. The van der Waals surface area contributed by atoms with E-state index in [1.54, 1.807) is 18.2 Å². The Morgan fingerprint density at radius 1 is 1.18 bits per heavy atom.